The molecule has 0 saturated heterocycles. The molecule has 1 heterocycles. The highest BCUT2D eigenvalue weighted by atomic mass is 35.5. The average Bonchev–Trinajstić information content (AvgIpc) is 2.50. The Morgan fingerprint density at radius 2 is 1.88 bits per heavy atom. The van der Waals surface area contributed by atoms with Crippen LogP contribution < -0.4 is 15.2 Å². The summed E-state index contributed by atoms with van der Waals surface area (Å²) in [7, 11) is 0. The van der Waals surface area contributed by atoms with Gasteiger partial charge in [0.1, 0.15) is 0 Å². The quantitative estimate of drug-likeness (QED) is 0.918. The van der Waals surface area contributed by atoms with Crippen molar-refractivity contribution < 1.29 is 22.6 Å². The van der Waals surface area contributed by atoms with Gasteiger partial charge in [-0.05, 0) is 24.1 Å². The van der Waals surface area contributed by atoms with Gasteiger partial charge in [0.2, 0.25) is 0 Å². The van der Waals surface area contributed by atoms with Crippen LogP contribution in [-0.2, 0) is 0 Å². The van der Waals surface area contributed by atoms with Crippen LogP contribution in [0.1, 0.15) is 18.0 Å². The predicted octanol–water partition coefficient (Wildman–Crippen LogP) is 2.79. The van der Waals surface area contributed by atoms with Gasteiger partial charge in [-0.2, -0.15) is 0 Å². The fourth-order valence-corrected chi connectivity index (χ4v) is 1.48. The Morgan fingerprint density at radius 3 is 2.53 bits per heavy atom. The Bertz CT molecular complexity index is 403. The van der Waals surface area contributed by atoms with Crippen molar-refractivity contribution in [2.45, 2.75) is 18.8 Å². The standard InChI is InChI=1S/C10H10F3NO2.ClH/c11-4-3-7(14)6-1-2-8-9(5-6)16-10(12,13)15-8;/h1-2,5,7H,3-4,14H2;1H/t7-;/m0./s1. The fraction of sp³-hybridized carbons (Fsp3) is 0.400. The van der Waals surface area contributed by atoms with Crippen molar-refractivity contribution >= 4 is 12.4 Å². The Hall–Kier alpha value is -1.14. The van der Waals surface area contributed by atoms with E-state index < -0.39 is 19.0 Å². The molecule has 1 aliphatic heterocycles. The van der Waals surface area contributed by atoms with Crippen LogP contribution >= 0.6 is 12.4 Å². The molecule has 0 spiro atoms. The number of rotatable bonds is 3. The maximum Gasteiger partial charge on any atom is 0.586 e. The Morgan fingerprint density at radius 1 is 1.24 bits per heavy atom. The van der Waals surface area contributed by atoms with Gasteiger partial charge in [-0.25, -0.2) is 0 Å². The van der Waals surface area contributed by atoms with Crippen LogP contribution in [0, 0.1) is 0 Å². The average molecular weight is 270 g/mol. The minimum Gasteiger partial charge on any atom is -0.395 e. The molecule has 7 heteroatoms. The molecule has 0 fully saturated rings. The molecule has 0 saturated carbocycles. The summed E-state index contributed by atoms with van der Waals surface area (Å²) in [6.45, 7) is -0.564. The van der Waals surface area contributed by atoms with E-state index in [1.807, 2.05) is 0 Å². The molecule has 2 rings (SSSR count). The predicted molar refractivity (Wildman–Crippen MR) is 57.4 cm³/mol. The van der Waals surface area contributed by atoms with Crippen molar-refractivity contribution in [2.75, 3.05) is 6.67 Å². The summed E-state index contributed by atoms with van der Waals surface area (Å²) in [5.74, 6) is -0.113. The molecule has 3 nitrogen and oxygen atoms in total. The van der Waals surface area contributed by atoms with Crippen molar-refractivity contribution in [1.29, 1.82) is 0 Å². The van der Waals surface area contributed by atoms with E-state index in [4.69, 9.17) is 5.73 Å². The van der Waals surface area contributed by atoms with Gasteiger partial charge in [-0.15, -0.1) is 21.2 Å². The molecule has 0 unspecified atom stereocenters. The monoisotopic (exact) mass is 269 g/mol. The topological polar surface area (TPSA) is 44.5 Å². The summed E-state index contributed by atoms with van der Waals surface area (Å²) in [5.41, 5.74) is 6.18. The van der Waals surface area contributed by atoms with Crippen LogP contribution in [0.25, 0.3) is 0 Å². The fourth-order valence-electron chi connectivity index (χ4n) is 1.48. The first-order valence-corrected chi connectivity index (χ1v) is 4.73. The van der Waals surface area contributed by atoms with Crippen LogP contribution in [0.5, 0.6) is 11.5 Å². The largest absolute Gasteiger partial charge is 0.586 e. The van der Waals surface area contributed by atoms with Gasteiger partial charge in [0, 0.05) is 6.04 Å². The van der Waals surface area contributed by atoms with Gasteiger partial charge in [-0.1, -0.05) is 6.07 Å². The molecule has 0 bridgehead atoms. The minimum atomic E-state index is -3.63. The van der Waals surface area contributed by atoms with Crippen LogP contribution in [0.4, 0.5) is 13.2 Å². The lowest BCUT2D eigenvalue weighted by Crippen LogP contribution is -2.25. The van der Waals surface area contributed by atoms with E-state index in [-0.39, 0.29) is 30.3 Å². The maximum atomic E-state index is 12.7. The molecule has 17 heavy (non-hydrogen) atoms. The third-order valence-electron chi connectivity index (χ3n) is 2.27. The van der Waals surface area contributed by atoms with E-state index in [0.29, 0.717) is 5.56 Å². The zero-order valence-corrected chi connectivity index (χ0v) is 9.48. The Labute approximate surface area is 102 Å². The molecule has 1 aliphatic rings. The number of benzene rings is 1. The van der Waals surface area contributed by atoms with E-state index in [0.717, 1.165) is 0 Å². The SMILES string of the molecule is Cl.N[C@@H](CCF)c1ccc2c(c1)OC(F)(F)O2. The first-order valence-electron chi connectivity index (χ1n) is 4.73. The van der Waals surface area contributed by atoms with Crippen LogP contribution in [0.15, 0.2) is 18.2 Å². The molecule has 96 valence electrons. The number of nitrogens with two attached hydrogens (primary N) is 1. The Balaban J connectivity index is 0.00000144. The molecule has 1 aromatic rings. The number of alkyl halides is 3. The van der Waals surface area contributed by atoms with Crippen molar-refractivity contribution in [3.05, 3.63) is 23.8 Å². The zero-order chi connectivity index (χ0) is 11.8. The van der Waals surface area contributed by atoms with Crippen molar-refractivity contribution in [1.82, 2.24) is 0 Å². The molecule has 1 aromatic carbocycles. The molecule has 1 atom stereocenters. The second kappa shape index (κ2) is 5.01. The number of halogens is 4. The Kier molecular flexibility index (Phi) is 4.11. The number of ether oxygens (including phenoxy) is 2. The summed E-state index contributed by atoms with van der Waals surface area (Å²) >= 11 is 0. The third kappa shape index (κ3) is 2.95. The van der Waals surface area contributed by atoms with E-state index in [2.05, 4.69) is 9.47 Å². The van der Waals surface area contributed by atoms with Crippen LogP contribution in [0.3, 0.4) is 0 Å². The molecule has 0 aliphatic carbocycles. The second-order valence-corrected chi connectivity index (χ2v) is 3.46. The lowest BCUT2D eigenvalue weighted by atomic mass is 10.0. The second-order valence-electron chi connectivity index (χ2n) is 3.46. The first-order chi connectivity index (χ1) is 7.52. The normalized spacial score (nSPS) is 17.4. The third-order valence-corrected chi connectivity index (χ3v) is 2.27. The summed E-state index contributed by atoms with van der Waals surface area (Å²) < 4.78 is 45.9. The summed E-state index contributed by atoms with van der Waals surface area (Å²) in [4.78, 5) is 0. The van der Waals surface area contributed by atoms with Gasteiger partial charge in [0.25, 0.3) is 0 Å². The lowest BCUT2D eigenvalue weighted by molar-refractivity contribution is -0.286. The number of fused-ring (bicyclic) bond motifs is 1. The molecule has 0 amide bonds. The zero-order valence-electron chi connectivity index (χ0n) is 8.66. The van der Waals surface area contributed by atoms with Gasteiger partial charge < -0.3 is 15.2 Å². The molecule has 0 radical (unpaired) electrons. The highest BCUT2D eigenvalue weighted by Gasteiger charge is 2.43. The number of hydrogen-bond donors (Lipinski definition) is 1. The number of hydrogen-bond acceptors (Lipinski definition) is 3. The van der Waals surface area contributed by atoms with E-state index in [1.54, 1.807) is 0 Å². The van der Waals surface area contributed by atoms with E-state index in [1.165, 1.54) is 18.2 Å². The van der Waals surface area contributed by atoms with Crippen molar-refractivity contribution in [3.8, 4) is 11.5 Å². The summed E-state index contributed by atoms with van der Waals surface area (Å²) in [5, 5.41) is 0. The van der Waals surface area contributed by atoms with Crippen molar-refractivity contribution in [3.63, 3.8) is 0 Å². The molecule has 0 aromatic heterocycles. The van der Waals surface area contributed by atoms with Gasteiger partial charge in [0.15, 0.2) is 11.5 Å². The highest BCUT2D eigenvalue weighted by molar-refractivity contribution is 5.85. The van der Waals surface area contributed by atoms with Crippen LogP contribution in [-0.4, -0.2) is 13.0 Å². The molecular formula is C10H11ClF3NO2. The summed E-state index contributed by atoms with van der Waals surface area (Å²) in [6.07, 6.45) is -3.50. The van der Waals surface area contributed by atoms with Gasteiger partial charge in [-0.3, -0.25) is 4.39 Å². The molecular weight excluding hydrogens is 259 g/mol. The minimum absolute atomic E-state index is 0. The molecule has 2 N–H and O–H groups in total. The van der Waals surface area contributed by atoms with E-state index >= 15 is 0 Å². The van der Waals surface area contributed by atoms with Gasteiger partial charge >= 0.3 is 6.29 Å². The van der Waals surface area contributed by atoms with E-state index in [9.17, 15) is 13.2 Å². The van der Waals surface area contributed by atoms with Gasteiger partial charge in [0.05, 0.1) is 6.67 Å². The smallest absolute Gasteiger partial charge is 0.395 e. The first kappa shape index (κ1) is 13.9. The highest BCUT2D eigenvalue weighted by Crippen LogP contribution is 2.41. The van der Waals surface area contributed by atoms with Crippen molar-refractivity contribution in [2.24, 2.45) is 5.73 Å². The maximum absolute atomic E-state index is 12.7. The lowest BCUT2D eigenvalue weighted by Gasteiger charge is -2.09. The van der Waals surface area contributed by atoms with Crippen LogP contribution in [0.2, 0.25) is 0 Å². The summed E-state index contributed by atoms with van der Waals surface area (Å²) in [6, 6.07) is 3.66.